The molecule has 0 saturated carbocycles. The molecule has 0 fully saturated rings. The number of benzene rings is 3. The Kier molecular flexibility index (Phi) is 6.51. The van der Waals surface area contributed by atoms with Gasteiger partial charge in [-0.05, 0) is 48.0 Å². The Hall–Kier alpha value is -3.92. The lowest BCUT2D eigenvalue weighted by Crippen LogP contribution is -2.24. The van der Waals surface area contributed by atoms with E-state index in [0.717, 1.165) is 16.8 Å². The van der Waals surface area contributed by atoms with E-state index in [1.807, 2.05) is 0 Å². The number of nitrogens with one attached hydrogen (secondary N) is 1. The van der Waals surface area contributed by atoms with Crippen molar-refractivity contribution in [2.75, 3.05) is 0 Å². The van der Waals surface area contributed by atoms with Crippen molar-refractivity contribution in [3.63, 3.8) is 0 Å². The number of ether oxygens (including phenoxy) is 1. The summed E-state index contributed by atoms with van der Waals surface area (Å²) in [4.78, 5) is 27.8. The zero-order chi connectivity index (χ0) is 24.3. The summed E-state index contributed by atoms with van der Waals surface area (Å²) in [6.07, 6.45) is -4.43. The first-order chi connectivity index (χ1) is 16.2. The summed E-state index contributed by atoms with van der Waals surface area (Å²) >= 11 is 1.28. The summed E-state index contributed by atoms with van der Waals surface area (Å²) < 4.78 is 45.0. The molecular formula is C24H17F3N2O4S. The van der Waals surface area contributed by atoms with Gasteiger partial charge in [0.15, 0.2) is 0 Å². The Morgan fingerprint density at radius 2 is 1.76 bits per heavy atom. The molecule has 10 heteroatoms. The molecule has 1 heterocycles. The Morgan fingerprint density at radius 1 is 1.00 bits per heavy atom. The van der Waals surface area contributed by atoms with Gasteiger partial charge in [0, 0.05) is 12.6 Å². The van der Waals surface area contributed by atoms with Gasteiger partial charge in [-0.1, -0.05) is 18.2 Å². The Bertz CT molecular complexity index is 1370. The van der Waals surface area contributed by atoms with Gasteiger partial charge in [-0.25, -0.2) is 9.78 Å². The highest BCUT2D eigenvalue weighted by Gasteiger charge is 2.30. The molecule has 0 aliphatic rings. The number of nitrogens with zero attached hydrogens (tertiary/aromatic N) is 1. The third kappa shape index (κ3) is 5.70. The van der Waals surface area contributed by atoms with Gasteiger partial charge < -0.3 is 15.2 Å². The topological polar surface area (TPSA) is 88.5 Å². The number of fused-ring (bicyclic) bond motifs is 1. The molecule has 3 aromatic carbocycles. The number of carbonyl (C=O) groups is 2. The summed E-state index contributed by atoms with van der Waals surface area (Å²) in [7, 11) is 0. The monoisotopic (exact) mass is 486 g/mol. The molecule has 0 atom stereocenters. The van der Waals surface area contributed by atoms with Crippen LogP contribution in [0, 0.1) is 0 Å². The van der Waals surface area contributed by atoms with Crippen LogP contribution in [-0.2, 0) is 23.9 Å². The normalized spacial score (nSPS) is 11.4. The van der Waals surface area contributed by atoms with Crippen molar-refractivity contribution in [2.24, 2.45) is 0 Å². The Labute approximate surface area is 195 Å². The summed E-state index contributed by atoms with van der Waals surface area (Å²) in [6, 6.07) is 15.8. The Morgan fingerprint density at radius 3 is 2.53 bits per heavy atom. The van der Waals surface area contributed by atoms with Gasteiger partial charge in [-0.3, -0.25) is 4.79 Å². The number of halogens is 3. The first-order valence-electron chi connectivity index (χ1n) is 10.0. The Balaban J connectivity index is 1.41. The first-order valence-corrected chi connectivity index (χ1v) is 10.8. The van der Waals surface area contributed by atoms with E-state index in [0.29, 0.717) is 21.8 Å². The second-order valence-corrected chi connectivity index (χ2v) is 8.44. The van der Waals surface area contributed by atoms with Crippen molar-refractivity contribution < 1.29 is 32.6 Å². The van der Waals surface area contributed by atoms with Gasteiger partial charge in [0.2, 0.25) is 5.91 Å². The van der Waals surface area contributed by atoms with Gasteiger partial charge in [-0.15, -0.1) is 11.3 Å². The summed E-state index contributed by atoms with van der Waals surface area (Å²) in [5.41, 5.74) is 0.639. The molecule has 6 nitrogen and oxygen atoms in total. The molecule has 0 radical (unpaired) electrons. The van der Waals surface area contributed by atoms with Crippen molar-refractivity contribution in [1.82, 2.24) is 10.3 Å². The zero-order valence-electron chi connectivity index (χ0n) is 17.4. The minimum Gasteiger partial charge on any atom is -0.478 e. The molecule has 1 amide bonds. The molecule has 0 spiro atoms. The minimum atomic E-state index is -4.46. The summed E-state index contributed by atoms with van der Waals surface area (Å²) in [6.45, 7) is 0.180. The molecule has 1 aromatic heterocycles. The predicted octanol–water partition coefficient (Wildman–Crippen LogP) is 5.66. The van der Waals surface area contributed by atoms with Crippen molar-refractivity contribution in [3.8, 4) is 11.5 Å². The maximum Gasteiger partial charge on any atom is 0.416 e. The maximum absolute atomic E-state index is 12.9. The lowest BCUT2D eigenvalue weighted by atomic mass is 10.1. The van der Waals surface area contributed by atoms with Crippen LogP contribution in [0.15, 0.2) is 66.7 Å². The highest BCUT2D eigenvalue weighted by molar-refractivity contribution is 7.18. The van der Waals surface area contributed by atoms with Crippen LogP contribution in [0.3, 0.4) is 0 Å². The van der Waals surface area contributed by atoms with Crippen LogP contribution in [-0.4, -0.2) is 22.0 Å². The molecule has 0 aliphatic heterocycles. The number of hydrogen-bond acceptors (Lipinski definition) is 5. The first kappa shape index (κ1) is 23.2. The van der Waals surface area contributed by atoms with Crippen LogP contribution in [0.25, 0.3) is 10.2 Å². The second-order valence-electron chi connectivity index (χ2n) is 7.32. The number of aromatic nitrogens is 1. The summed E-state index contributed by atoms with van der Waals surface area (Å²) in [5.74, 6) is -0.908. The predicted molar refractivity (Wildman–Crippen MR) is 120 cm³/mol. The highest BCUT2D eigenvalue weighted by Crippen LogP contribution is 2.34. The van der Waals surface area contributed by atoms with Crippen molar-refractivity contribution in [2.45, 2.75) is 19.1 Å². The molecular weight excluding hydrogens is 469 g/mol. The van der Waals surface area contributed by atoms with Crippen LogP contribution in [0.5, 0.6) is 11.5 Å². The van der Waals surface area contributed by atoms with Gasteiger partial charge in [0.25, 0.3) is 0 Å². The van der Waals surface area contributed by atoms with E-state index in [1.165, 1.54) is 35.6 Å². The fourth-order valence-electron chi connectivity index (χ4n) is 3.18. The molecule has 174 valence electrons. The van der Waals surface area contributed by atoms with Gasteiger partial charge >= 0.3 is 12.1 Å². The van der Waals surface area contributed by atoms with Gasteiger partial charge in [0.05, 0.1) is 27.8 Å². The SMILES string of the molecule is O=C(Cc1nc2ccc(Oc3cccc(C(F)(F)F)c3)cc2s1)NCc1cccc(C(=O)O)c1. The van der Waals surface area contributed by atoms with E-state index >= 15 is 0 Å². The number of alkyl halides is 3. The van der Waals surface area contributed by atoms with Crippen molar-refractivity contribution in [3.05, 3.63) is 88.4 Å². The fourth-order valence-corrected chi connectivity index (χ4v) is 4.17. The van der Waals surface area contributed by atoms with Crippen LogP contribution in [0.4, 0.5) is 13.2 Å². The number of rotatable bonds is 7. The molecule has 0 aliphatic carbocycles. The van der Waals surface area contributed by atoms with Gasteiger partial charge in [0.1, 0.15) is 16.5 Å². The van der Waals surface area contributed by atoms with E-state index in [9.17, 15) is 22.8 Å². The molecule has 0 bridgehead atoms. The molecule has 0 saturated heterocycles. The van der Waals surface area contributed by atoms with Crippen molar-refractivity contribution in [1.29, 1.82) is 0 Å². The van der Waals surface area contributed by atoms with Crippen LogP contribution >= 0.6 is 11.3 Å². The second kappa shape index (κ2) is 9.52. The smallest absolute Gasteiger partial charge is 0.416 e. The van der Waals surface area contributed by atoms with Crippen molar-refractivity contribution >= 4 is 33.4 Å². The average molecular weight is 486 g/mol. The number of aromatic carboxylic acids is 1. The molecule has 34 heavy (non-hydrogen) atoms. The number of hydrogen-bond donors (Lipinski definition) is 2. The number of carboxylic acids is 1. The highest BCUT2D eigenvalue weighted by atomic mass is 32.1. The number of carboxylic acid groups (broad SMARTS) is 1. The standard InChI is InChI=1S/C24H17F3N2O4S/c25-24(26,27)16-5-2-6-17(10-16)33-18-7-8-19-20(11-18)34-22(29-19)12-21(30)28-13-14-3-1-4-15(9-14)23(31)32/h1-11H,12-13H2,(H,28,30)(H,31,32). The summed E-state index contributed by atoms with van der Waals surface area (Å²) in [5, 5.41) is 12.3. The zero-order valence-corrected chi connectivity index (χ0v) is 18.2. The van der Waals surface area contributed by atoms with Crippen LogP contribution < -0.4 is 10.1 Å². The molecule has 4 aromatic rings. The lowest BCUT2D eigenvalue weighted by molar-refractivity contribution is -0.137. The average Bonchev–Trinajstić information content (AvgIpc) is 3.19. The third-order valence-corrected chi connectivity index (χ3v) is 5.79. The van der Waals surface area contributed by atoms with Crippen LogP contribution in [0.1, 0.15) is 26.5 Å². The van der Waals surface area contributed by atoms with Gasteiger partial charge in [-0.2, -0.15) is 13.2 Å². The molecule has 2 N–H and O–H groups in total. The fraction of sp³-hybridized carbons (Fsp3) is 0.125. The maximum atomic E-state index is 12.9. The van der Waals surface area contributed by atoms with E-state index in [4.69, 9.17) is 9.84 Å². The third-order valence-electron chi connectivity index (χ3n) is 4.78. The largest absolute Gasteiger partial charge is 0.478 e. The lowest BCUT2D eigenvalue weighted by Gasteiger charge is -2.09. The molecule has 0 unspecified atom stereocenters. The number of carbonyl (C=O) groups excluding carboxylic acids is 1. The molecule has 4 rings (SSSR count). The number of thiazole rings is 1. The minimum absolute atomic E-state index is 0.0295. The van der Waals surface area contributed by atoms with Crippen LogP contribution in [0.2, 0.25) is 0 Å². The van der Waals surface area contributed by atoms with E-state index in [1.54, 1.807) is 30.3 Å². The van der Waals surface area contributed by atoms with E-state index in [-0.39, 0.29) is 30.2 Å². The van der Waals surface area contributed by atoms with E-state index in [2.05, 4.69) is 10.3 Å². The quantitative estimate of drug-likeness (QED) is 0.352. The van der Waals surface area contributed by atoms with E-state index < -0.39 is 17.7 Å². The number of amides is 1.